The van der Waals surface area contributed by atoms with Gasteiger partial charge < -0.3 is 9.47 Å². The average Bonchev–Trinajstić information content (AvgIpc) is 2.66. The van der Waals surface area contributed by atoms with Crippen LogP contribution in [-0.4, -0.2) is 43.9 Å². The lowest BCUT2D eigenvalue weighted by atomic mass is 10.3. The van der Waals surface area contributed by atoms with Crippen molar-refractivity contribution >= 4 is 16.0 Å². The van der Waals surface area contributed by atoms with Crippen molar-refractivity contribution in [2.24, 2.45) is 5.14 Å². The molecule has 0 saturated carbocycles. The molecule has 0 amide bonds. The van der Waals surface area contributed by atoms with Crippen LogP contribution in [0.25, 0.3) is 0 Å². The van der Waals surface area contributed by atoms with E-state index in [1.54, 1.807) is 6.92 Å². The van der Waals surface area contributed by atoms with Gasteiger partial charge in [0.05, 0.1) is 18.9 Å². The summed E-state index contributed by atoms with van der Waals surface area (Å²) in [6.07, 6.45) is 0.00564. The van der Waals surface area contributed by atoms with Crippen molar-refractivity contribution in [1.29, 1.82) is 0 Å². The number of aryl methyl sites for hydroxylation is 1. The van der Waals surface area contributed by atoms with Gasteiger partial charge in [0.15, 0.2) is 5.69 Å². The Kier molecular flexibility index (Phi) is 3.37. The number of aromatic nitrogens is 2. The Morgan fingerprint density at radius 1 is 1.61 bits per heavy atom. The van der Waals surface area contributed by atoms with Crippen molar-refractivity contribution in [2.75, 3.05) is 13.2 Å². The monoisotopic (exact) mass is 275 g/mol. The molecule has 1 aliphatic rings. The molecule has 1 aromatic heterocycles. The number of ether oxygens (including phenoxy) is 2. The number of nitrogens with zero attached hydrogens (tertiary/aromatic N) is 1. The number of carbonyl (C=O) groups is 1. The summed E-state index contributed by atoms with van der Waals surface area (Å²) in [7, 11) is -4.03. The van der Waals surface area contributed by atoms with Gasteiger partial charge in [-0.05, 0) is 6.42 Å². The minimum absolute atomic E-state index is 0.286. The molecule has 0 radical (unpaired) electrons. The van der Waals surface area contributed by atoms with Crippen molar-refractivity contribution in [3.8, 4) is 0 Å². The number of sulfonamides is 1. The summed E-state index contributed by atoms with van der Waals surface area (Å²) < 4.78 is 32.8. The van der Waals surface area contributed by atoms with Gasteiger partial charge in [0, 0.05) is 0 Å². The number of primary sulfonamides is 1. The summed E-state index contributed by atoms with van der Waals surface area (Å²) in [5.74, 6) is -0.816. The lowest BCUT2D eigenvalue weighted by molar-refractivity contribution is -0.103. The molecule has 1 fully saturated rings. The number of nitrogens with one attached hydrogen (secondary N) is 1. The van der Waals surface area contributed by atoms with Gasteiger partial charge in [0.25, 0.3) is 0 Å². The standard InChI is InChI=1S/C9H13N3O5S/c1-2-6-8(18(10,14)15)7(12-11-6)9(13)17-5-3-16-4-5/h5H,2-4H2,1H3,(H,11,12)(H2,10,14,15). The predicted molar refractivity (Wildman–Crippen MR) is 59.4 cm³/mol. The zero-order valence-corrected chi connectivity index (χ0v) is 10.5. The maximum atomic E-state index is 11.8. The topological polar surface area (TPSA) is 124 Å². The van der Waals surface area contributed by atoms with Crippen LogP contribution < -0.4 is 5.14 Å². The van der Waals surface area contributed by atoms with Crippen LogP contribution in [0.2, 0.25) is 0 Å². The second kappa shape index (κ2) is 4.67. The van der Waals surface area contributed by atoms with Gasteiger partial charge in [0.1, 0.15) is 11.0 Å². The molecule has 0 unspecified atom stereocenters. The maximum absolute atomic E-state index is 11.8. The third kappa shape index (κ3) is 2.37. The first-order valence-corrected chi connectivity index (χ1v) is 6.87. The number of H-pyrrole nitrogens is 1. The normalized spacial score (nSPS) is 16.3. The zero-order chi connectivity index (χ0) is 13.3. The number of rotatable bonds is 4. The summed E-state index contributed by atoms with van der Waals surface area (Å²) in [5.41, 5.74) is -0.0180. The molecule has 0 aliphatic carbocycles. The summed E-state index contributed by atoms with van der Waals surface area (Å²) in [4.78, 5) is 11.5. The highest BCUT2D eigenvalue weighted by atomic mass is 32.2. The molecular formula is C9H13N3O5S. The summed E-state index contributed by atoms with van der Waals surface area (Å²) >= 11 is 0. The number of carbonyl (C=O) groups excluding carboxylic acids is 1. The first-order valence-electron chi connectivity index (χ1n) is 5.32. The second-order valence-corrected chi connectivity index (χ2v) is 5.34. The fourth-order valence-electron chi connectivity index (χ4n) is 1.54. The fraction of sp³-hybridized carbons (Fsp3) is 0.556. The van der Waals surface area contributed by atoms with Gasteiger partial charge in [0.2, 0.25) is 10.0 Å². The van der Waals surface area contributed by atoms with Gasteiger partial charge in [-0.3, -0.25) is 5.10 Å². The van der Waals surface area contributed by atoms with Crippen LogP contribution in [-0.2, 0) is 25.9 Å². The van der Waals surface area contributed by atoms with Crippen LogP contribution in [0.3, 0.4) is 0 Å². The van der Waals surface area contributed by atoms with Crippen LogP contribution in [0.4, 0.5) is 0 Å². The van der Waals surface area contributed by atoms with E-state index in [-0.39, 0.29) is 22.4 Å². The number of esters is 1. The van der Waals surface area contributed by atoms with Crippen LogP contribution in [0.15, 0.2) is 4.90 Å². The molecule has 18 heavy (non-hydrogen) atoms. The first kappa shape index (κ1) is 13.0. The quantitative estimate of drug-likeness (QED) is 0.691. The van der Waals surface area contributed by atoms with E-state index in [1.165, 1.54) is 0 Å². The van der Waals surface area contributed by atoms with E-state index in [0.717, 1.165) is 0 Å². The molecule has 0 bridgehead atoms. The molecule has 2 rings (SSSR count). The van der Waals surface area contributed by atoms with E-state index in [9.17, 15) is 13.2 Å². The number of aromatic amines is 1. The van der Waals surface area contributed by atoms with Gasteiger partial charge in [-0.1, -0.05) is 6.92 Å². The summed E-state index contributed by atoms with van der Waals surface area (Å²) in [5, 5.41) is 11.2. The Morgan fingerprint density at radius 3 is 2.72 bits per heavy atom. The Balaban J connectivity index is 2.32. The van der Waals surface area contributed by atoms with Crippen molar-refractivity contribution < 1.29 is 22.7 Å². The lowest BCUT2D eigenvalue weighted by Gasteiger charge is -2.25. The highest BCUT2D eigenvalue weighted by molar-refractivity contribution is 7.89. The van der Waals surface area contributed by atoms with E-state index in [0.29, 0.717) is 19.6 Å². The highest BCUT2D eigenvalue weighted by Gasteiger charge is 2.31. The first-order chi connectivity index (χ1) is 8.43. The van der Waals surface area contributed by atoms with E-state index < -0.39 is 16.0 Å². The highest BCUT2D eigenvalue weighted by Crippen LogP contribution is 2.19. The molecule has 100 valence electrons. The van der Waals surface area contributed by atoms with Crippen molar-refractivity contribution in [1.82, 2.24) is 10.2 Å². The van der Waals surface area contributed by atoms with E-state index in [1.807, 2.05) is 0 Å². The largest absolute Gasteiger partial charge is 0.453 e. The molecule has 1 aromatic rings. The Labute approximate surface area is 104 Å². The van der Waals surface area contributed by atoms with Crippen LogP contribution in [0.1, 0.15) is 23.1 Å². The molecule has 3 N–H and O–H groups in total. The molecule has 0 aromatic carbocycles. The molecule has 2 heterocycles. The molecule has 1 aliphatic heterocycles. The number of hydrogen-bond donors (Lipinski definition) is 2. The van der Waals surface area contributed by atoms with Gasteiger partial charge >= 0.3 is 5.97 Å². The van der Waals surface area contributed by atoms with E-state index in [2.05, 4.69) is 10.2 Å². The Bertz CT molecular complexity index is 561. The van der Waals surface area contributed by atoms with Gasteiger partial charge in [-0.15, -0.1) is 0 Å². The summed E-state index contributed by atoms with van der Waals surface area (Å²) in [6, 6.07) is 0. The molecule has 0 spiro atoms. The Morgan fingerprint density at radius 2 is 2.28 bits per heavy atom. The van der Waals surface area contributed by atoms with Crippen LogP contribution >= 0.6 is 0 Å². The third-order valence-electron chi connectivity index (χ3n) is 2.50. The van der Waals surface area contributed by atoms with E-state index >= 15 is 0 Å². The zero-order valence-electron chi connectivity index (χ0n) is 9.67. The Hall–Kier alpha value is -1.45. The minimum Gasteiger partial charge on any atom is -0.453 e. The maximum Gasteiger partial charge on any atom is 0.360 e. The van der Waals surface area contributed by atoms with Crippen molar-refractivity contribution in [3.63, 3.8) is 0 Å². The minimum atomic E-state index is -4.03. The smallest absolute Gasteiger partial charge is 0.360 e. The molecule has 1 saturated heterocycles. The number of hydrogen-bond acceptors (Lipinski definition) is 6. The molecule has 9 heteroatoms. The van der Waals surface area contributed by atoms with Crippen LogP contribution in [0, 0.1) is 0 Å². The van der Waals surface area contributed by atoms with E-state index in [4.69, 9.17) is 14.6 Å². The molecule has 8 nitrogen and oxygen atoms in total. The van der Waals surface area contributed by atoms with Crippen LogP contribution in [0.5, 0.6) is 0 Å². The van der Waals surface area contributed by atoms with Crippen molar-refractivity contribution in [3.05, 3.63) is 11.4 Å². The average molecular weight is 275 g/mol. The van der Waals surface area contributed by atoms with Gasteiger partial charge in [-0.2, -0.15) is 5.10 Å². The SMILES string of the molecule is CCc1[nH]nc(C(=O)OC2COC2)c1S(N)(=O)=O. The fourth-order valence-corrected chi connectivity index (χ4v) is 2.47. The third-order valence-corrected chi connectivity index (χ3v) is 3.51. The van der Waals surface area contributed by atoms with Gasteiger partial charge in [-0.25, -0.2) is 18.4 Å². The predicted octanol–water partition coefficient (Wildman–Crippen LogP) is -0.825. The van der Waals surface area contributed by atoms with Crippen molar-refractivity contribution in [2.45, 2.75) is 24.3 Å². The lowest BCUT2D eigenvalue weighted by Crippen LogP contribution is -2.38. The molecular weight excluding hydrogens is 262 g/mol. The second-order valence-electron chi connectivity index (χ2n) is 3.84. The summed E-state index contributed by atoms with van der Waals surface area (Å²) in [6.45, 7) is 2.33. The molecule has 0 atom stereocenters. The number of nitrogens with two attached hydrogens (primary N) is 1.